The fourth-order valence-corrected chi connectivity index (χ4v) is 1.62. The molecule has 0 spiro atoms. The maximum atomic E-state index is 5.85. The molecule has 0 amide bonds. The number of hydrogen-bond donors (Lipinski definition) is 3. The van der Waals surface area contributed by atoms with Gasteiger partial charge < -0.3 is 17.2 Å². The van der Waals surface area contributed by atoms with Crippen LogP contribution < -0.4 is 17.2 Å². The second-order valence-corrected chi connectivity index (χ2v) is 4.51. The molecule has 5 nitrogen and oxygen atoms in total. The number of rotatable bonds is 2. The summed E-state index contributed by atoms with van der Waals surface area (Å²) in [5.74, 6) is 0. The van der Waals surface area contributed by atoms with Gasteiger partial charge in [0.15, 0.2) is 0 Å². The van der Waals surface area contributed by atoms with Crippen LogP contribution in [0.25, 0.3) is 0 Å². The third kappa shape index (κ3) is 2.82. The monoisotopic (exact) mass is 255 g/mol. The minimum atomic E-state index is 0.506. The van der Waals surface area contributed by atoms with Gasteiger partial charge in [-0.05, 0) is 49.2 Å². The lowest BCUT2D eigenvalue weighted by Crippen LogP contribution is -1.93. The van der Waals surface area contributed by atoms with E-state index in [9.17, 15) is 0 Å². The molecule has 0 radical (unpaired) electrons. The first-order valence-electron chi connectivity index (χ1n) is 5.91. The number of azo groups is 1. The van der Waals surface area contributed by atoms with Crippen LogP contribution in [-0.4, -0.2) is 0 Å². The number of nitrogen functional groups attached to an aromatic ring is 3. The lowest BCUT2D eigenvalue weighted by atomic mass is 10.1. The summed E-state index contributed by atoms with van der Waals surface area (Å²) in [6, 6.07) is 9.04. The average molecular weight is 255 g/mol. The molecule has 0 saturated carbocycles. The Kier molecular flexibility index (Phi) is 3.37. The number of benzene rings is 2. The third-order valence-electron chi connectivity index (χ3n) is 2.95. The first-order chi connectivity index (χ1) is 8.97. The average Bonchev–Trinajstić information content (AvgIpc) is 2.36. The van der Waals surface area contributed by atoms with Crippen molar-refractivity contribution in [1.82, 2.24) is 0 Å². The number of nitrogens with two attached hydrogens (primary N) is 3. The first-order valence-corrected chi connectivity index (χ1v) is 5.91. The van der Waals surface area contributed by atoms with Crippen LogP contribution in [0.1, 0.15) is 11.1 Å². The van der Waals surface area contributed by atoms with Crippen LogP contribution in [0, 0.1) is 13.8 Å². The Morgan fingerprint density at radius 3 is 2.11 bits per heavy atom. The molecule has 0 saturated heterocycles. The molecule has 0 bridgehead atoms. The fourth-order valence-electron chi connectivity index (χ4n) is 1.62. The number of nitrogens with zero attached hydrogens (tertiary/aromatic N) is 2. The van der Waals surface area contributed by atoms with Crippen molar-refractivity contribution in [3.8, 4) is 0 Å². The van der Waals surface area contributed by atoms with Crippen LogP contribution in [0.4, 0.5) is 28.4 Å². The summed E-state index contributed by atoms with van der Waals surface area (Å²) in [5.41, 5.74) is 22.5. The summed E-state index contributed by atoms with van der Waals surface area (Å²) in [5, 5.41) is 8.27. The molecule has 0 aliphatic heterocycles. The van der Waals surface area contributed by atoms with Crippen LogP contribution in [0.3, 0.4) is 0 Å². The van der Waals surface area contributed by atoms with Gasteiger partial charge in [0.05, 0.1) is 11.4 Å². The van der Waals surface area contributed by atoms with Crippen molar-refractivity contribution in [2.45, 2.75) is 13.8 Å². The summed E-state index contributed by atoms with van der Waals surface area (Å²) in [4.78, 5) is 0. The van der Waals surface area contributed by atoms with Crippen LogP contribution in [0.2, 0.25) is 0 Å². The van der Waals surface area contributed by atoms with Crippen molar-refractivity contribution in [1.29, 1.82) is 0 Å². The van der Waals surface area contributed by atoms with Crippen molar-refractivity contribution in [2.24, 2.45) is 10.2 Å². The summed E-state index contributed by atoms with van der Waals surface area (Å²) in [6.07, 6.45) is 0. The van der Waals surface area contributed by atoms with Crippen molar-refractivity contribution in [3.05, 3.63) is 41.5 Å². The van der Waals surface area contributed by atoms with Crippen LogP contribution in [0.15, 0.2) is 40.6 Å². The third-order valence-corrected chi connectivity index (χ3v) is 2.95. The molecule has 0 fully saturated rings. The molecule has 0 unspecified atom stereocenters. The van der Waals surface area contributed by atoms with Gasteiger partial charge in [0.1, 0.15) is 5.69 Å². The minimum Gasteiger partial charge on any atom is -0.398 e. The van der Waals surface area contributed by atoms with Gasteiger partial charge in [0, 0.05) is 11.4 Å². The molecule has 2 aromatic rings. The summed E-state index contributed by atoms with van der Waals surface area (Å²) in [6.45, 7) is 3.84. The van der Waals surface area contributed by atoms with Gasteiger partial charge in [0.25, 0.3) is 0 Å². The van der Waals surface area contributed by atoms with Gasteiger partial charge in [-0.2, -0.15) is 5.11 Å². The molecule has 0 heterocycles. The van der Waals surface area contributed by atoms with Gasteiger partial charge >= 0.3 is 0 Å². The van der Waals surface area contributed by atoms with Crippen LogP contribution >= 0.6 is 0 Å². The van der Waals surface area contributed by atoms with E-state index >= 15 is 0 Å². The maximum absolute atomic E-state index is 5.85. The standard InChI is InChI=1S/C14H17N5/c1-8-3-4-10(6-11(8)15)18-19-14-5-9(2)12(16)7-13(14)17/h3-7H,15-17H2,1-2H3. The second-order valence-electron chi connectivity index (χ2n) is 4.51. The Balaban J connectivity index is 2.32. The Morgan fingerprint density at radius 2 is 1.42 bits per heavy atom. The smallest absolute Gasteiger partial charge is 0.109 e. The molecule has 0 atom stereocenters. The zero-order valence-corrected chi connectivity index (χ0v) is 11.0. The predicted molar refractivity (Wildman–Crippen MR) is 79.8 cm³/mol. The topological polar surface area (TPSA) is 103 Å². The number of anilines is 3. The highest BCUT2D eigenvalue weighted by molar-refractivity contribution is 5.70. The molecule has 0 aromatic heterocycles. The Labute approximate surface area is 112 Å². The largest absolute Gasteiger partial charge is 0.398 e. The van der Waals surface area contributed by atoms with Gasteiger partial charge in [-0.3, -0.25) is 0 Å². The molecular formula is C14H17N5. The van der Waals surface area contributed by atoms with E-state index in [-0.39, 0.29) is 0 Å². The van der Waals surface area contributed by atoms with E-state index in [0.29, 0.717) is 28.4 Å². The van der Waals surface area contributed by atoms with E-state index in [1.54, 1.807) is 12.1 Å². The van der Waals surface area contributed by atoms with Crippen molar-refractivity contribution in [2.75, 3.05) is 17.2 Å². The highest BCUT2D eigenvalue weighted by Gasteiger charge is 2.02. The van der Waals surface area contributed by atoms with E-state index in [1.807, 2.05) is 32.0 Å². The lowest BCUT2D eigenvalue weighted by Gasteiger charge is -2.04. The molecular weight excluding hydrogens is 238 g/mol. The minimum absolute atomic E-state index is 0.506. The lowest BCUT2D eigenvalue weighted by molar-refractivity contribution is 1.22. The molecule has 2 aromatic carbocycles. The maximum Gasteiger partial charge on any atom is 0.109 e. The SMILES string of the molecule is Cc1ccc(N=Nc2cc(C)c(N)cc2N)cc1N. The van der Waals surface area contributed by atoms with E-state index in [1.165, 1.54) is 0 Å². The van der Waals surface area contributed by atoms with Crippen molar-refractivity contribution in [3.63, 3.8) is 0 Å². The zero-order valence-electron chi connectivity index (χ0n) is 11.0. The van der Waals surface area contributed by atoms with Crippen LogP contribution in [-0.2, 0) is 0 Å². The molecule has 5 heteroatoms. The Bertz CT molecular complexity index is 647. The number of aryl methyl sites for hydroxylation is 2. The van der Waals surface area contributed by atoms with E-state index in [0.717, 1.165) is 11.1 Å². The molecule has 0 aliphatic carbocycles. The van der Waals surface area contributed by atoms with Gasteiger partial charge in [-0.1, -0.05) is 6.07 Å². The van der Waals surface area contributed by atoms with E-state index in [2.05, 4.69) is 10.2 Å². The highest BCUT2D eigenvalue weighted by atomic mass is 15.1. The van der Waals surface area contributed by atoms with Gasteiger partial charge in [-0.15, -0.1) is 5.11 Å². The highest BCUT2D eigenvalue weighted by Crippen LogP contribution is 2.29. The predicted octanol–water partition coefficient (Wildman–Crippen LogP) is 3.47. The number of hydrogen-bond acceptors (Lipinski definition) is 5. The zero-order chi connectivity index (χ0) is 14.0. The van der Waals surface area contributed by atoms with Crippen molar-refractivity contribution < 1.29 is 0 Å². The summed E-state index contributed by atoms with van der Waals surface area (Å²) < 4.78 is 0. The Hall–Kier alpha value is -2.56. The quantitative estimate of drug-likeness (QED) is 0.565. The van der Waals surface area contributed by atoms with Gasteiger partial charge in [0.2, 0.25) is 0 Å². The normalized spacial score (nSPS) is 11.1. The van der Waals surface area contributed by atoms with E-state index < -0.39 is 0 Å². The fraction of sp³-hybridized carbons (Fsp3) is 0.143. The van der Waals surface area contributed by atoms with Crippen molar-refractivity contribution >= 4 is 28.4 Å². The van der Waals surface area contributed by atoms with Gasteiger partial charge in [-0.25, -0.2) is 0 Å². The summed E-state index contributed by atoms with van der Waals surface area (Å²) >= 11 is 0. The molecule has 2 rings (SSSR count). The molecule has 98 valence electrons. The first kappa shape index (κ1) is 12.9. The molecule has 0 aliphatic rings. The second kappa shape index (κ2) is 4.97. The molecule has 6 N–H and O–H groups in total. The Morgan fingerprint density at radius 1 is 0.737 bits per heavy atom. The van der Waals surface area contributed by atoms with E-state index in [4.69, 9.17) is 17.2 Å². The molecule has 19 heavy (non-hydrogen) atoms. The van der Waals surface area contributed by atoms with Crippen LogP contribution in [0.5, 0.6) is 0 Å². The summed E-state index contributed by atoms with van der Waals surface area (Å²) in [7, 11) is 0.